The molecule has 2 aromatic carbocycles. The summed E-state index contributed by atoms with van der Waals surface area (Å²) in [6, 6.07) is 14.2. The van der Waals surface area contributed by atoms with Crippen LogP contribution in [0.25, 0.3) is 11.0 Å². The van der Waals surface area contributed by atoms with Crippen molar-refractivity contribution in [1.82, 2.24) is 14.9 Å². The average Bonchev–Trinajstić information content (AvgIpc) is 2.99. The lowest BCUT2D eigenvalue weighted by molar-refractivity contribution is -0.119. The number of ketones is 1. The monoisotopic (exact) mass is 369 g/mol. The van der Waals surface area contributed by atoms with Crippen LogP contribution in [0, 0.1) is 0 Å². The Hall–Kier alpha value is -2.66. The van der Waals surface area contributed by atoms with Crippen LogP contribution >= 0.6 is 11.6 Å². The summed E-state index contributed by atoms with van der Waals surface area (Å²) in [5.41, 5.74) is 2.28. The van der Waals surface area contributed by atoms with Crippen molar-refractivity contribution in [1.29, 1.82) is 0 Å². The van der Waals surface area contributed by atoms with Gasteiger partial charge in [0.25, 0.3) is 5.91 Å². The van der Waals surface area contributed by atoms with Crippen LogP contribution in [0.1, 0.15) is 36.1 Å². The van der Waals surface area contributed by atoms with E-state index in [-0.39, 0.29) is 17.7 Å². The fourth-order valence-electron chi connectivity index (χ4n) is 2.90. The van der Waals surface area contributed by atoms with E-state index < -0.39 is 0 Å². The van der Waals surface area contributed by atoms with Gasteiger partial charge in [-0.25, -0.2) is 4.98 Å². The van der Waals surface area contributed by atoms with Crippen molar-refractivity contribution in [2.24, 2.45) is 0 Å². The Bertz CT molecular complexity index is 965. The van der Waals surface area contributed by atoms with Gasteiger partial charge in [0.15, 0.2) is 5.78 Å². The number of nitrogens with zero attached hydrogens (tertiary/aromatic N) is 2. The number of carbonyl (C=O) groups is 2. The molecule has 1 N–H and O–H groups in total. The molecule has 0 saturated heterocycles. The smallest absolute Gasteiger partial charge is 0.251 e. The highest BCUT2D eigenvalue weighted by atomic mass is 35.5. The van der Waals surface area contributed by atoms with Gasteiger partial charge in [-0.15, -0.1) is 0 Å². The largest absolute Gasteiger partial charge is 0.352 e. The van der Waals surface area contributed by atoms with Crippen molar-refractivity contribution in [3.05, 3.63) is 64.9 Å². The van der Waals surface area contributed by atoms with Gasteiger partial charge < -0.3 is 9.88 Å². The molecule has 1 unspecified atom stereocenters. The normalized spacial score (nSPS) is 12.1. The topological polar surface area (TPSA) is 64.0 Å². The second kappa shape index (κ2) is 7.70. The minimum absolute atomic E-state index is 0.0670. The minimum Gasteiger partial charge on any atom is -0.352 e. The summed E-state index contributed by atoms with van der Waals surface area (Å²) in [4.78, 5) is 28.8. The van der Waals surface area contributed by atoms with Gasteiger partial charge in [-0.05, 0) is 44.2 Å². The number of imidazole rings is 1. The molecular formula is C20H20ClN3O2. The molecule has 0 spiro atoms. The van der Waals surface area contributed by atoms with Gasteiger partial charge in [0.2, 0.25) is 0 Å². The highest BCUT2D eigenvalue weighted by molar-refractivity contribution is 6.30. The minimum atomic E-state index is -0.305. The zero-order chi connectivity index (χ0) is 18.7. The predicted octanol–water partition coefficient (Wildman–Crippen LogP) is 3.81. The van der Waals surface area contributed by atoms with Crippen molar-refractivity contribution in [3.8, 4) is 0 Å². The first-order valence-electron chi connectivity index (χ1n) is 8.47. The Morgan fingerprint density at radius 1 is 1.19 bits per heavy atom. The standard InChI is InChI=1S/C20H20ClN3O2/c1-13(14(2)25)24-18-9-4-3-8-17(18)23-19(24)10-11-22-20(26)15-6-5-7-16(21)12-15/h3-9,12-13H,10-11H2,1-2H3,(H,22,26). The molecule has 5 nitrogen and oxygen atoms in total. The zero-order valence-corrected chi connectivity index (χ0v) is 15.5. The van der Waals surface area contributed by atoms with Crippen LogP contribution < -0.4 is 5.32 Å². The maximum atomic E-state index is 12.2. The fraction of sp³-hybridized carbons (Fsp3) is 0.250. The number of halogens is 1. The maximum Gasteiger partial charge on any atom is 0.251 e. The summed E-state index contributed by atoms with van der Waals surface area (Å²) in [5, 5.41) is 3.40. The fourth-order valence-corrected chi connectivity index (χ4v) is 3.09. The molecule has 1 heterocycles. The number of fused-ring (bicyclic) bond motifs is 1. The molecule has 134 valence electrons. The van der Waals surface area contributed by atoms with E-state index in [1.165, 1.54) is 0 Å². The van der Waals surface area contributed by atoms with E-state index in [9.17, 15) is 9.59 Å². The molecule has 0 saturated carbocycles. The number of para-hydroxylation sites is 2. The second-order valence-electron chi connectivity index (χ2n) is 6.19. The lowest BCUT2D eigenvalue weighted by Crippen LogP contribution is -2.27. The first kappa shape index (κ1) is 18.1. The van der Waals surface area contributed by atoms with E-state index in [1.54, 1.807) is 31.2 Å². The van der Waals surface area contributed by atoms with Crippen molar-refractivity contribution in [2.75, 3.05) is 6.54 Å². The molecule has 1 aromatic heterocycles. The first-order chi connectivity index (χ1) is 12.5. The molecule has 0 radical (unpaired) electrons. The van der Waals surface area contributed by atoms with Gasteiger partial charge >= 0.3 is 0 Å². The van der Waals surface area contributed by atoms with Gasteiger partial charge in [-0.3, -0.25) is 9.59 Å². The number of rotatable bonds is 6. The molecule has 0 bridgehead atoms. The van der Waals surface area contributed by atoms with E-state index in [1.807, 2.05) is 35.8 Å². The van der Waals surface area contributed by atoms with Gasteiger partial charge in [0.1, 0.15) is 5.82 Å². The Morgan fingerprint density at radius 2 is 1.96 bits per heavy atom. The molecule has 6 heteroatoms. The van der Waals surface area contributed by atoms with Crippen LogP contribution in [0.3, 0.4) is 0 Å². The molecule has 0 aliphatic heterocycles. The van der Waals surface area contributed by atoms with Crippen LogP contribution in [-0.4, -0.2) is 27.8 Å². The highest BCUT2D eigenvalue weighted by Crippen LogP contribution is 2.22. The number of aromatic nitrogens is 2. The van der Waals surface area contributed by atoms with E-state index in [2.05, 4.69) is 10.3 Å². The molecule has 1 amide bonds. The van der Waals surface area contributed by atoms with Gasteiger partial charge in [-0.1, -0.05) is 29.8 Å². The number of nitrogens with one attached hydrogen (secondary N) is 1. The van der Waals surface area contributed by atoms with Gasteiger partial charge in [-0.2, -0.15) is 0 Å². The lowest BCUT2D eigenvalue weighted by atomic mass is 10.2. The lowest BCUT2D eigenvalue weighted by Gasteiger charge is -2.15. The number of carbonyl (C=O) groups excluding carboxylic acids is 2. The summed E-state index contributed by atoms with van der Waals surface area (Å²) in [6.45, 7) is 3.86. The molecule has 3 aromatic rings. The molecular weight excluding hydrogens is 350 g/mol. The van der Waals surface area contributed by atoms with E-state index >= 15 is 0 Å². The average molecular weight is 370 g/mol. The summed E-state index contributed by atoms with van der Waals surface area (Å²) >= 11 is 5.92. The molecule has 3 rings (SSSR count). The van der Waals surface area contributed by atoms with Crippen LogP contribution in [0.5, 0.6) is 0 Å². The highest BCUT2D eigenvalue weighted by Gasteiger charge is 2.18. The number of amides is 1. The third kappa shape index (κ3) is 3.78. The van der Waals surface area contributed by atoms with Crippen LogP contribution in [-0.2, 0) is 11.2 Å². The summed E-state index contributed by atoms with van der Waals surface area (Å²) < 4.78 is 1.95. The number of hydrogen-bond donors (Lipinski definition) is 1. The molecule has 0 fully saturated rings. The molecule has 0 aliphatic carbocycles. The first-order valence-corrected chi connectivity index (χ1v) is 8.85. The summed E-state index contributed by atoms with van der Waals surface area (Å²) in [5.74, 6) is 0.660. The van der Waals surface area contributed by atoms with Crippen LogP contribution in [0.2, 0.25) is 5.02 Å². The molecule has 26 heavy (non-hydrogen) atoms. The predicted molar refractivity (Wildman–Crippen MR) is 103 cm³/mol. The summed E-state index contributed by atoms with van der Waals surface area (Å²) in [7, 11) is 0. The molecule has 1 atom stereocenters. The van der Waals surface area contributed by atoms with Gasteiger partial charge in [0.05, 0.1) is 17.1 Å². The second-order valence-corrected chi connectivity index (χ2v) is 6.63. The SMILES string of the molecule is CC(=O)C(C)n1c(CCNC(=O)c2cccc(Cl)c2)nc2ccccc21. The quantitative estimate of drug-likeness (QED) is 0.718. The van der Waals surface area contributed by atoms with E-state index in [4.69, 9.17) is 11.6 Å². The number of benzene rings is 2. The zero-order valence-electron chi connectivity index (χ0n) is 14.7. The van der Waals surface area contributed by atoms with E-state index in [0.717, 1.165) is 16.9 Å². The third-order valence-corrected chi connectivity index (χ3v) is 4.60. The van der Waals surface area contributed by atoms with Crippen molar-refractivity contribution in [3.63, 3.8) is 0 Å². The number of Topliss-reactive ketones (excluding diaryl/α,β-unsaturated/α-hetero) is 1. The van der Waals surface area contributed by atoms with Crippen molar-refractivity contribution in [2.45, 2.75) is 26.3 Å². The van der Waals surface area contributed by atoms with Gasteiger partial charge in [0, 0.05) is 23.6 Å². The Kier molecular flexibility index (Phi) is 5.38. The Balaban J connectivity index is 1.77. The molecule has 0 aliphatic rings. The third-order valence-electron chi connectivity index (χ3n) is 4.37. The maximum absolute atomic E-state index is 12.2. The van der Waals surface area contributed by atoms with Crippen LogP contribution in [0.4, 0.5) is 0 Å². The summed E-state index contributed by atoms with van der Waals surface area (Å²) in [6.07, 6.45) is 0.526. The Morgan fingerprint density at radius 3 is 2.69 bits per heavy atom. The van der Waals surface area contributed by atoms with Crippen molar-refractivity contribution < 1.29 is 9.59 Å². The van der Waals surface area contributed by atoms with Crippen molar-refractivity contribution >= 4 is 34.3 Å². The van der Waals surface area contributed by atoms with E-state index in [0.29, 0.717) is 23.6 Å². The Labute approximate surface area is 157 Å². The van der Waals surface area contributed by atoms with Crippen LogP contribution in [0.15, 0.2) is 48.5 Å². The number of hydrogen-bond acceptors (Lipinski definition) is 3.